The fourth-order valence-corrected chi connectivity index (χ4v) is 5.51. The molecule has 238 valence electrons. The molecule has 3 nitrogen and oxygen atoms in total. The van der Waals surface area contributed by atoms with Crippen LogP contribution in [0.1, 0.15) is 224 Å². The number of carbonyl (C=O) groups is 2. The van der Waals surface area contributed by atoms with E-state index in [1.54, 1.807) is 0 Å². The van der Waals surface area contributed by atoms with Crippen molar-refractivity contribution in [2.75, 3.05) is 0 Å². The largest absolute Gasteiger partial charge is 2.00 e. The van der Waals surface area contributed by atoms with Crippen molar-refractivity contribution >= 4 is 35.0 Å². The van der Waals surface area contributed by atoms with Crippen molar-refractivity contribution in [1.29, 1.82) is 0 Å². The number of ether oxygens (including phenoxy) is 1. The topological polar surface area (TPSA) is 43.4 Å². The van der Waals surface area contributed by atoms with Crippen LogP contribution in [0.5, 0.6) is 0 Å². The third-order valence-electron chi connectivity index (χ3n) is 8.20. The second kappa shape index (κ2) is 40.9. The van der Waals surface area contributed by atoms with E-state index in [1.165, 1.54) is 167 Å². The fraction of sp³-hybridized carbons (Fsp3) is 0.944. The predicted octanol–water partition coefficient (Wildman–Crippen LogP) is 9.54. The summed E-state index contributed by atoms with van der Waals surface area (Å²) in [6, 6.07) is 0. The Kier molecular flexibility index (Phi) is 46.2. The maximum absolute atomic E-state index is 11.9. The number of esters is 2. The van der Waals surface area contributed by atoms with Crippen LogP contribution in [-0.2, 0) is 14.3 Å². The van der Waals surface area contributed by atoms with Crippen LogP contribution < -0.4 is 29.6 Å². The Morgan fingerprint density at radius 3 is 0.732 bits per heavy atom. The van der Waals surface area contributed by atoms with Crippen molar-refractivity contribution in [1.82, 2.24) is 0 Å². The van der Waals surface area contributed by atoms with E-state index in [0.717, 1.165) is 25.7 Å². The van der Waals surface area contributed by atoms with Crippen molar-refractivity contribution in [3.05, 3.63) is 0 Å². The van der Waals surface area contributed by atoms with Gasteiger partial charge in [-0.25, -0.2) is 0 Å². The van der Waals surface area contributed by atoms with E-state index >= 15 is 0 Å². The van der Waals surface area contributed by atoms with Gasteiger partial charge < -0.3 is 9.02 Å². The average molecular weight is 601 g/mol. The number of hydrogen-bond acceptors (Lipinski definition) is 3. The molecule has 0 spiro atoms. The van der Waals surface area contributed by atoms with E-state index in [1.807, 2.05) is 0 Å². The molecule has 0 saturated carbocycles. The van der Waals surface area contributed by atoms with Crippen LogP contribution in [-0.4, -0.2) is 35.0 Å². The summed E-state index contributed by atoms with van der Waals surface area (Å²) in [6.07, 6.45) is 40.1. The number of unbranched alkanes of at least 4 members (excludes halogenated alkanes) is 28. The average Bonchev–Trinajstić information content (AvgIpc) is 2.93. The van der Waals surface area contributed by atoms with Crippen molar-refractivity contribution in [3.63, 3.8) is 0 Å². The van der Waals surface area contributed by atoms with E-state index in [-0.39, 0.29) is 68.8 Å². The van der Waals surface area contributed by atoms with Gasteiger partial charge in [-0.3, -0.25) is 9.59 Å². The first-order valence-corrected chi connectivity index (χ1v) is 17.9. The Bertz CT molecular complexity index is 487. The third-order valence-corrected chi connectivity index (χ3v) is 8.20. The number of carbonyl (C=O) groups excluding carboxylic acids is 2. The van der Waals surface area contributed by atoms with Gasteiger partial charge in [0, 0.05) is 12.8 Å². The summed E-state index contributed by atoms with van der Waals surface area (Å²) >= 11 is 0. The SMILES string of the molecule is CCCCCCCCCCCCCCCCCC(=O)OC(=O)CCCCCCCCCCCCCCCCC.[H-].[H-].[H-].[Mg+2].[Na+]. The van der Waals surface area contributed by atoms with Crippen molar-refractivity contribution < 1.29 is 48.2 Å². The summed E-state index contributed by atoms with van der Waals surface area (Å²) in [7, 11) is 0. The molecular formula is C36H73MgNaO3. The number of hydrogen-bond donors (Lipinski definition) is 0. The van der Waals surface area contributed by atoms with Crippen LogP contribution >= 0.6 is 0 Å². The van der Waals surface area contributed by atoms with E-state index in [4.69, 9.17) is 4.74 Å². The molecular weight excluding hydrogens is 528 g/mol. The van der Waals surface area contributed by atoms with Gasteiger partial charge in [0.2, 0.25) is 0 Å². The van der Waals surface area contributed by atoms with E-state index in [9.17, 15) is 9.59 Å². The van der Waals surface area contributed by atoms with E-state index < -0.39 is 0 Å². The zero-order chi connectivity index (χ0) is 28.5. The molecule has 0 amide bonds. The van der Waals surface area contributed by atoms with Gasteiger partial charge in [-0.1, -0.05) is 194 Å². The van der Waals surface area contributed by atoms with Crippen molar-refractivity contribution in [2.45, 2.75) is 219 Å². The van der Waals surface area contributed by atoms with Crippen molar-refractivity contribution in [2.24, 2.45) is 0 Å². The molecule has 0 aromatic rings. The van der Waals surface area contributed by atoms with Crippen LogP contribution in [0.25, 0.3) is 0 Å². The summed E-state index contributed by atoms with van der Waals surface area (Å²) < 4.78 is 5.01. The first-order valence-electron chi connectivity index (χ1n) is 17.9. The van der Waals surface area contributed by atoms with Crippen LogP contribution in [0.3, 0.4) is 0 Å². The Balaban J connectivity index is -0.000000722. The molecule has 0 aliphatic heterocycles. The molecule has 0 aliphatic rings. The summed E-state index contributed by atoms with van der Waals surface area (Å²) in [5, 5.41) is 0. The second-order valence-electron chi connectivity index (χ2n) is 12.2. The standard InChI is InChI=1S/C36H70O3.Mg.Na.3H/c1-3-5-7-9-11-13-15-17-19-21-23-25-27-29-31-33-35(37)39-36(38)34-32-30-28-26-24-22-20-18-16-14-12-10-8-6-4-2;;;;;/h3-34H2,1-2H3;;;;;/q;+2;+1;3*-1. The predicted molar refractivity (Wildman–Crippen MR) is 179 cm³/mol. The van der Waals surface area contributed by atoms with Gasteiger partial charge in [-0.05, 0) is 12.8 Å². The second-order valence-corrected chi connectivity index (χ2v) is 12.2. The maximum Gasteiger partial charge on any atom is 2.00 e. The van der Waals surface area contributed by atoms with E-state index in [2.05, 4.69) is 13.8 Å². The molecule has 0 aliphatic carbocycles. The molecule has 0 heterocycles. The summed E-state index contributed by atoms with van der Waals surface area (Å²) in [5.74, 6) is -0.647. The maximum atomic E-state index is 11.9. The zero-order valence-electron chi connectivity index (χ0n) is 31.6. The van der Waals surface area contributed by atoms with Gasteiger partial charge in [0.05, 0.1) is 0 Å². The normalized spacial score (nSPS) is 10.7. The molecule has 0 fully saturated rings. The van der Waals surface area contributed by atoms with Gasteiger partial charge in [0.25, 0.3) is 0 Å². The zero-order valence-corrected chi connectivity index (χ0v) is 32.0. The molecule has 0 radical (unpaired) electrons. The minimum absolute atomic E-state index is 0. The molecule has 5 heteroatoms. The Morgan fingerprint density at radius 2 is 0.537 bits per heavy atom. The molecule has 0 bridgehead atoms. The van der Waals surface area contributed by atoms with Gasteiger partial charge in [-0.15, -0.1) is 0 Å². The monoisotopic (exact) mass is 601 g/mol. The van der Waals surface area contributed by atoms with Crippen molar-refractivity contribution in [3.8, 4) is 0 Å². The molecule has 0 rings (SSSR count). The van der Waals surface area contributed by atoms with Gasteiger partial charge in [0.15, 0.2) is 0 Å². The van der Waals surface area contributed by atoms with Crippen LogP contribution in [0.4, 0.5) is 0 Å². The molecule has 0 aromatic carbocycles. The summed E-state index contributed by atoms with van der Waals surface area (Å²) in [6.45, 7) is 4.55. The minimum Gasteiger partial charge on any atom is -1.00 e. The molecule has 0 unspecified atom stereocenters. The van der Waals surface area contributed by atoms with Crippen LogP contribution in [0.2, 0.25) is 0 Å². The first kappa shape index (κ1) is 46.3. The van der Waals surface area contributed by atoms with Crippen LogP contribution in [0.15, 0.2) is 0 Å². The Morgan fingerprint density at radius 1 is 0.366 bits per heavy atom. The quantitative estimate of drug-likeness (QED) is 0.0334. The molecule has 0 saturated heterocycles. The van der Waals surface area contributed by atoms with Gasteiger partial charge in [0.1, 0.15) is 0 Å². The Hall–Kier alpha value is 0.906. The summed E-state index contributed by atoms with van der Waals surface area (Å²) in [5.41, 5.74) is 0. The first-order chi connectivity index (χ1) is 19.2. The van der Waals surface area contributed by atoms with Gasteiger partial charge >= 0.3 is 64.5 Å². The molecule has 0 atom stereocenters. The molecule has 0 N–H and O–H groups in total. The van der Waals surface area contributed by atoms with E-state index in [0.29, 0.717) is 12.8 Å². The smallest absolute Gasteiger partial charge is 1.00 e. The van der Waals surface area contributed by atoms with Crippen LogP contribution in [0, 0.1) is 0 Å². The minimum atomic E-state index is -0.323. The third kappa shape index (κ3) is 40.9. The Labute approximate surface area is 300 Å². The summed E-state index contributed by atoms with van der Waals surface area (Å²) in [4.78, 5) is 23.8. The molecule has 0 aromatic heterocycles. The van der Waals surface area contributed by atoms with Gasteiger partial charge in [-0.2, -0.15) is 0 Å². The number of rotatable bonds is 32. The molecule has 41 heavy (non-hydrogen) atoms. The fourth-order valence-electron chi connectivity index (χ4n) is 5.51.